The Morgan fingerprint density at radius 3 is 2.49 bits per heavy atom. The molecule has 5 rings (SSSR count). The molecule has 1 N–H and O–H groups in total. The minimum absolute atomic E-state index is 0.0850. The van der Waals surface area contributed by atoms with E-state index >= 15 is 0 Å². The number of amides is 2. The van der Waals surface area contributed by atoms with Crippen LogP contribution in [0.25, 0.3) is 10.9 Å². The smallest absolute Gasteiger partial charge is 0.272 e. The number of anilines is 1. The van der Waals surface area contributed by atoms with Crippen molar-refractivity contribution in [2.24, 2.45) is 4.99 Å². The molecule has 0 radical (unpaired) electrons. The molecule has 3 heterocycles. The molecule has 0 unspecified atom stereocenters. The third-order valence-electron chi connectivity index (χ3n) is 6.53. The topological polar surface area (TPSA) is 112 Å². The van der Waals surface area contributed by atoms with Crippen LogP contribution in [0.1, 0.15) is 30.1 Å². The second kappa shape index (κ2) is 10.1. The van der Waals surface area contributed by atoms with Gasteiger partial charge in [0, 0.05) is 54.7 Å². The van der Waals surface area contributed by atoms with Gasteiger partial charge >= 0.3 is 0 Å². The molecule has 3 aromatic rings. The maximum absolute atomic E-state index is 13.1. The number of hydrogen-bond acceptors (Lipinski definition) is 6. The Balaban J connectivity index is 1.25. The molecule has 0 saturated carbocycles. The van der Waals surface area contributed by atoms with Gasteiger partial charge in [-0.25, -0.2) is 8.42 Å². The van der Waals surface area contributed by atoms with Crippen LogP contribution in [0.2, 0.25) is 0 Å². The van der Waals surface area contributed by atoms with Crippen LogP contribution < -0.4 is 4.72 Å². The predicted octanol–water partition coefficient (Wildman–Crippen LogP) is 3.46. The quantitative estimate of drug-likeness (QED) is 0.557. The molecule has 2 aliphatic rings. The molecule has 1 atom stereocenters. The molecule has 2 amide bonds. The normalized spacial score (nSPS) is 18.0. The summed E-state index contributed by atoms with van der Waals surface area (Å²) in [5, 5.41) is 0.727. The Morgan fingerprint density at radius 2 is 1.76 bits per heavy atom. The molecule has 1 saturated heterocycles. The van der Waals surface area contributed by atoms with Crippen molar-refractivity contribution in [1.82, 2.24) is 14.8 Å². The van der Waals surface area contributed by atoms with Crippen molar-refractivity contribution in [3.05, 3.63) is 78.1 Å². The molecule has 190 valence electrons. The Bertz CT molecular complexity index is 1510. The van der Waals surface area contributed by atoms with Crippen LogP contribution >= 0.6 is 0 Å². The van der Waals surface area contributed by atoms with Gasteiger partial charge in [-0.2, -0.15) is 0 Å². The van der Waals surface area contributed by atoms with Gasteiger partial charge in [0.15, 0.2) is 0 Å². The van der Waals surface area contributed by atoms with E-state index in [2.05, 4.69) is 14.7 Å². The summed E-state index contributed by atoms with van der Waals surface area (Å²) < 4.78 is 28.7. The van der Waals surface area contributed by atoms with Gasteiger partial charge in [0.05, 0.1) is 5.52 Å². The summed E-state index contributed by atoms with van der Waals surface area (Å²) in [5.74, 6) is -0.268. The standard InChI is InChI=1S/C27H27N5O4S/c1-19-18-31(16-17-32(19)27(34)23-8-2-3-14-28-23)26(33)21-10-12-22(13-11-21)30-37(35,36)24-9-4-6-20-7-5-15-29-25(20)24/h4-15,19,30H,2-3,16-18H2,1H3/t19-/m1/s1. The predicted molar refractivity (Wildman–Crippen MR) is 142 cm³/mol. The number of para-hydroxylation sites is 1. The highest BCUT2D eigenvalue weighted by Crippen LogP contribution is 2.24. The van der Waals surface area contributed by atoms with Crippen LogP contribution in [0.3, 0.4) is 0 Å². The fraction of sp³-hybridized carbons (Fsp3) is 0.259. The summed E-state index contributed by atoms with van der Waals surface area (Å²) in [6, 6.07) is 14.7. The van der Waals surface area contributed by atoms with Crippen molar-refractivity contribution < 1.29 is 18.0 Å². The number of fused-ring (bicyclic) bond motifs is 1. The monoisotopic (exact) mass is 517 g/mol. The number of nitrogens with one attached hydrogen (secondary N) is 1. The van der Waals surface area contributed by atoms with Crippen molar-refractivity contribution in [2.75, 3.05) is 24.4 Å². The highest BCUT2D eigenvalue weighted by atomic mass is 32.2. The lowest BCUT2D eigenvalue weighted by atomic mass is 10.1. The Kier molecular flexibility index (Phi) is 6.75. The van der Waals surface area contributed by atoms with E-state index in [1.54, 1.807) is 70.7 Å². The third-order valence-corrected chi connectivity index (χ3v) is 7.94. The first-order chi connectivity index (χ1) is 17.8. The van der Waals surface area contributed by atoms with E-state index in [0.717, 1.165) is 18.2 Å². The highest BCUT2D eigenvalue weighted by Gasteiger charge is 2.31. The van der Waals surface area contributed by atoms with Gasteiger partial charge in [-0.15, -0.1) is 0 Å². The summed E-state index contributed by atoms with van der Waals surface area (Å²) >= 11 is 0. The van der Waals surface area contributed by atoms with Gasteiger partial charge in [-0.3, -0.25) is 24.3 Å². The van der Waals surface area contributed by atoms with Gasteiger partial charge in [0.25, 0.3) is 21.8 Å². The number of nitrogens with zero attached hydrogens (tertiary/aromatic N) is 4. The van der Waals surface area contributed by atoms with E-state index in [-0.39, 0.29) is 22.8 Å². The number of aliphatic imine (C=N–C) groups is 1. The van der Waals surface area contributed by atoms with Crippen molar-refractivity contribution >= 4 is 44.6 Å². The number of pyridine rings is 1. The lowest BCUT2D eigenvalue weighted by molar-refractivity contribution is -0.131. The number of hydrogen-bond donors (Lipinski definition) is 1. The molecule has 1 fully saturated rings. The Hall–Kier alpha value is -4.05. The summed E-state index contributed by atoms with van der Waals surface area (Å²) in [6.45, 7) is 3.17. The van der Waals surface area contributed by atoms with Crippen molar-refractivity contribution in [1.29, 1.82) is 0 Å². The zero-order valence-electron chi connectivity index (χ0n) is 20.4. The molecular weight excluding hydrogens is 490 g/mol. The molecular formula is C27H27N5O4S. The molecule has 2 aliphatic heterocycles. The van der Waals surface area contributed by atoms with Crippen molar-refractivity contribution in [3.63, 3.8) is 0 Å². The molecule has 37 heavy (non-hydrogen) atoms. The van der Waals surface area contributed by atoms with E-state index in [4.69, 9.17) is 0 Å². The molecule has 0 bridgehead atoms. The summed E-state index contributed by atoms with van der Waals surface area (Å²) in [5.41, 5.74) is 1.65. The second-order valence-electron chi connectivity index (χ2n) is 9.09. The first kappa shape index (κ1) is 24.6. The van der Waals surface area contributed by atoms with Gasteiger partial charge in [-0.1, -0.05) is 24.3 Å². The van der Waals surface area contributed by atoms with E-state index in [1.165, 1.54) is 6.07 Å². The average molecular weight is 518 g/mol. The van der Waals surface area contributed by atoms with Crippen molar-refractivity contribution in [3.8, 4) is 0 Å². The SMILES string of the molecule is C[C@@H]1CN(C(=O)c2ccc(NS(=O)(=O)c3cccc4cccnc34)cc2)CCN1C(=O)C1=CCCC=N1. The molecule has 9 nitrogen and oxygen atoms in total. The summed E-state index contributed by atoms with van der Waals surface area (Å²) in [7, 11) is -3.88. The Morgan fingerprint density at radius 1 is 0.973 bits per heavy atom. The van der Waals surface area contributed by atoms with Crippen LogP contribution in [0.5, 0.6) is 0 Å². The maximum Gasteiger partial charge on any atom is 0.272 e. The summed E-state index contributed by atoms with van der Waals surface area (Å²) in [6.07, 6.45) is 6.83. The van der Waals surface area contributed by atoms with Gasteiger partial charge in [-0.05, 0) is 56.2 Å². The van der Waals surface area contributed by atoms with Gasteiger partial charge in [0.1, 0.15) is 10.6 Å². The second-order valence-corrected chi connectivity index (χ2v) is 10.7. The number of sulfonamides is 1. The molecule has 0 spiro atoms. The molecule has 10 heteroatoms. The first-order valence-corrected chi connectivity index (χ1v) is 13.6. The van der Waals surface area contributed by atoms with Gasteiger partial charge < -0.3 is 9.80 Å². The number of allylic oxidation sites excluding steroid dienone is 1. The van der Waals surface area contributed by atoms with Crippen LogP contribution in [-0.4, -0.2) is 66.9 Å². The molecule has 1 aromatic heterocycles. The minimum atomic E-state index is -3.88. The first-order valence-electron chi connectivity index (χ1n) is 12.1. The van der Waals surface area contributed by atoms with Crippen LogP contribution in [0.4, 0.5) is 5.69 Å². The number of piperazine rings is 1. The largest absolute Gasteiger partial charge is 0.335 e. The van der Waals surface area contributed by atoms with Crippen molar-refractivity contribution in [2.45, 2.75) is 30.7 Å². The number of carbonyl (C=O) groups is 2. The lowest BCUT2D eigenvalue weighted by Crippen LogP contribution is -2.55. The fourth-order valence-corrected chi connectivity index (χ4v) is 5.85. The Labute approximate surface area is 215 Å². The number of rotatable bonds is 5. The van der Waals surface area contributed by atoms with E-state index in [0.29, 0.717) is 42.1 Å². The van der Waals surface area contributed by atoms with Crippen LogP contribution in [-0.2, 0) is 14.8 Å². The summed E-state index contributed by atoms with van der Waals surface area (Å²) in [4.78, 5) is 38.0. The molecule has 2 aromatic carbocycles. The van der Waals surface area contributed by atoms with Crippen LogP contribution in [0.15, 0.2) is 82.5 Å². The van der Waals surface area contributed by atoms with Gasteiger partial charge in [0.2, 0.25) is 0 Å². The van der Waals surface area contributed by atoms with E-state index in [1.807, 2.05) is 13.0 Å². The maximum atomic E-state index is 13.1. The fourth-order valence-electron chi connectivity index (χ4n) is 4.61. The zero-order valence-corrected chi connectivity index (χ0v) is 21.2. The molecule has 0 aliphatic carbocycles. The minimum Gasteiger partial charge on any atom is -0.335 e. The number of carbonyl (C=O) groups excluding carboxylic acids is 2. The lowest BCUT2D eigenvalue weighted by Gasteiger charge is -2.40. The highest BCUT2D eigenvalue weighted by molar-refractivity contribution is 7.93. The average Bonchev–Trinajstić information content (AvgIpc) is 2.92. The number of aromatic nitrogens is 1. The van der Waals surface area contributed by atoms with E-state index < -0.39 is 10.0 Å². The van der Waals surface area contributed by atoms with Crippen LogP contribution in [0, 0.1) is 0 Å². The third kappa shape index (κ3) is 5.10. The van der Waals surface area contributed by atoms with E-state index in [9.17, 15) is 18.0 Å². The zero-order chi connectivity index (χ0) is 26.0. The number of benzene rings is 2.